The average molecular weight is 244 g/mol. The monoisotopic (exact) mass is 244 g/mol. The van der Waals surface area contributed by atoms with E-state index in [4.69, 9.17) is 5.11 Å². The van der Waals surface area contributed by atoms with Crippen LogP contribution >= 0.6 is 0 Å². The molecular formula is C12H24N2O3. The van der Waals surface area contributed by atoms with Crippen molar-refractivity contribution in [2.24, 2.45) is 5.41 Å². The van der Waals surface area contributed by atoms with Gasteiger partial charge in [0.2, 0.25) is 0 Å². The summed E-state index contributed by atoms with van der Waals surface area (Å²) in [7, 11) is 1.67. The molecule has 1 unspecified atom stereocenters. The second-order valence-corrected chi connectivity index (χ2v) is 6.01. The number of nitrogens with zero attached hydrogens (tertiary/aromatic N) is 1. The number of urea groups is 1. The second kappa shape index (κ2) is 4.94. The van der Waals surface area contributed by atoms with Gasteiger partial charge in [-0.1, -0.05) is 20.8 Å². The third kappa shape index (κ3) is 4.24. The minimum Gasteiger partial charge on any atom is -0.480 e. The van der Waals surface area contributed by atoms with E-state index in [9.17, 15) is 9.59 Å². The van der Waals surface area contributed by atoms with Crippen LogP contribution in [0.5, 0.6) is 0 Å². The van der Waals surface area contributed by atoms with E-state index in [2.05, 4.69) is 5.32 Å². The van der Waals surface area contributed by atoms with Gasteiger partial charge in [-0.25, -0.2) is 9.59 Å². The summed E-state index contributed by atoms with van der Waals surface area (Å²) in [4.78, 5) is 24.3. The van der Waals surface area contributed by atoms with E-state index >= 15 is 0 Å². The zero-order valence-corrected chi connectivity index (χ0v) is 11.8. The number of hydrogen-bond donors (Lipinski definition) is 2. The van der Waals surface area contributed by atoms with Crippen LogP contribution in [0.25, 0.3) is 0 Å². The zero-order chi connectivity index (χ0) is 14.0. The van der Waals surface area contributed by atoms with Crippen LogP contribution in [-0.4, -0.2) is 40.6 Å². The van der Waals surface area contributed by atoms with Crippen molar-refractivity contribution in [3.05, 3.63) is 0 Å². The molecule has 0 aliphatic heterocycles. The standard InChI is InChI=1S/C12H24N2O3/c1-8(11(2,3)4)14(7)10(17)13-12(5,6)9(15)16/h8H,1-7H3,(H,13,17)(H,15,16). The molecule has 2 N–H and O–H groups in total. The zero-order valence-electron chi connectivity index (χ0n) is 11.8. The highest BCUT2D eigenvalue weighted by atomic mass is 16.4. The van der Waals surface area contributed by atoms with Crippen LogP contribution in [0.2, 0.25) is 0 Å². The molecule has 2 amide bonds. The molecule has 0 heterocycles. The Morgan fingerprint density at radius 2 is 1.59 bits per heavy atom. The van der Waals surface area contributed by atoms with Crippen LogP contribution < -0.4 is 5.32 Å². The molecule has 0 aliphatic carbocycles. The Hall–Kier alpha value is -1.26. The third-order valence-electron chi connectivity index (χ3n) is 3.11. The molecule has 1 atom stereocenters. The fourth-order valence-electron chi connectivity index (χ4n) is 1.17. The molecule has 0 aromatic rings. The number of nitrogens with one attached hydrogen (secondary N) is 1. The fourth-order valence-corrected chi connectivity index (χ4v) is 1.17. The first-order valence-electron chi connectivity index (χ1n) is 5.68. The van der Waals surface area contributed by atoms with Crippen molar-refractivity contribution >= 4 is 12.0 Å². The Bertz CT molecular complexity index is 305. The van der Waals surface area contributed by atoms with Gasteiger partial charge in [-0.3, -0.25) is 0 Å². The summed E-state index contributed by atoms with van der Waals surface area (Å²) in [6, 6.07) is -0.369. The van der Waals surface area contributed by atoms with Crippen molar-refractivity contribution in [3.8, 4) is 0 Å². The van der Waals surface area contributed by atoms with Gasteiger partial charge in [-0.05, 0) is 26.2 Å². The normalized spacial score (nSPS) is 14.1. The van der Waals surface area contributed by atoms with E-state index in [1.165, 1.54) is 18.7 Å². The highest BCUT2D eigenvalue weighted by Gasteiger charge is 2.33. The molecule has 5 nitrogen and oxygen atoms in total. The Kier molecular flexibility index (Phi) is 4.57. The maximum absolute atomic E-state index is 11.9. The molecule has 0 saturated carbocycles. The summed E-state index contributed by atoms with van der Waals surface area (Å²) in [5.41, 5.74) is -1.32. The van der Waals surface area contributed by atoms with E-state index in [0.29, 0.717) is 0 Å². The maximum atomic E-state index is 11.9. The average Bonchev–Trinajstić information content (AvgIpc) is 2.12. The molecule has 17 heavy (non-hydrogen) atoms. The number of carboxylic acid groups (broad SMARTS) is 1. The fraction of sp³-hybridized carbons (Fsp3) is 0.833. The number of aliphatic carboxylic acids is 1. The van der Waals surface area contributed by atoms with E-state index in [-0.39, 0.29) is 17.5 Å². The molecule has 5 heteroatoms. The lowest BCUT2D eigenvalue weighted by atomic mass is 9.87. The van der Waals surface area contributed by atoms with Gasteiger partial charge in [-0.2, -0.15) is 0 Å². The van der Waals surface area contributed by atoms with Crippen LogP contribution in [-0.2, 0) is 4.79 Å². The molecule has 0 saturated heterocycles. The lowest BCUT2D eigenvalue weighted by Crippen LogP contribution is -2.56. The van der Waals surface area contributed by atoms with Crippen molar-refractivity contribution in [2.75, 3.05) is 7.05 Å². The molecule has 0 fully saturated rings. The van der Waals surface area contributed by atoms with Crippen molar-refractivity contribution in [1.29, 1.82) is 0 Å². The SMILES string of the molecule is CC(N(C)C(=O)NC(C)(C)C(=O)O)C(C)(C)C. The maximum Gasteiger partial charge on any atom is 0.328 e. The topological polar surface area (TPSA) is 69.6 Å². The molecule has 0 rings (SSSR count). The molecule has 100 valence electrons. The Morgan fingerprint density at radius 1 is 1.18 bits per heavy atom. The van der Waals surface area contributed by atoms with Crippen LogP contribution in [0.3, 0.4) is 0 Å². The molecule has 0 bridgehead atoms. The highest BCUT2D eigenvalue weighted by Crippen LogP contribution is 2.23. The lowest BCUT2D eigenvalue weighted by Gasteiger charge is -2.36. The molecule has 0 aromatic heterocycles. The van der Waals surface area contributed by atoms with Crippen LogP contribution in [0.4, 0.5) is 4.79 Å². The number of amides is 2. The molecule has 0 aromatic carbocycles. The van der Waals surface area contributed by atoms with Gasteiger partial charge in [0.15, 0.2) is 0 Å². The number of carbonyl (C=O) groups is 2. The Morgan fingerprint density at radius 3 is 1.88 bits per heavy atom. The van der Waals surface area contributed by atoms with Gasteiger partial charge < -0.3 is 15.3 Å². The summed E-state index contributed by atoms with van der Waals surface area (Å²) in [6.45, 7) is 11.0. The molecule has 0 radical (unpaired) electrons. The summed E-state index contributed by atoms with van der Waals surface area (Å²) in [6.07, 6.45) is 0. The summed E-state index contributed by atoms with van der Waals surface area (Å²) in [5.74, 6) is -1.05. The van der Waals surface area contributed by atoms with Crippen molar-refractivity contribution < 1.29 is 14.7 Å². The molecule has 0 spiro atoms. The van der Waals surface area contributed by atoms with E-state index in [0.717, 1.165) is 0 Å². The number of carboxylic acids is 1. The third-order valence-corrected chi connectivity index (χ3v) is 3.11. The van der Waals surface area contributed by atoms with Crippen LogP contribution in [0.15, 0.2) is 0 Å². The minimum absolute atomic E-state index is 0.00657. The van der Waals surface area contributed by atoms with Crippen molar-refractivity contribution in [1.82, 2.24) is 10.2 Å². The van der Waals surface area contributed by atoms with Gasteiger partial charge in [-0.15, -0.1) is 0 Å². The van der Waals surface area contributed by atoms with Gasteiger partial charge in [0.05, 0.1) is 0 Å². The predicted molar refractivity (Wildman–Crippen MR) is 66.9 cm³/mol. The first-order chi connectivity index (χ1) is 7.39. The van der Waals surface area contributed by atoms with Crippen molar-refractivity contribution in [3.63, 3.8) is 0 Å². The lowest BCUT2D eigenvalue weighted by molar-refractivity contribution is -0.143. The number of rotatable bonds is 3. The quantitative estimate of drug-likeness (QED) is 0.797. The second-order valence-electron chi connectivity index (χ2n) is 6.01. The summed E-state index contributed by atoms with van der Waals surface area (Å²) >= 11 is 0. The smallest absolute Gasteiger partial charge is 0.328 e. The Labute approximate surface area is 103 Å². The number of hydrogen-bond acceptors (Lipinski definition) is 2. The minimum atomic E-state index is -1.26. The van der Waals surface area contributed by atoms with Crippen LogP contribution in [0, 0.1) is 5.41 Å². The van der Waals surface area contributed by atoms with Gasteiger partial charge in [0.1, 0.15) is 5.54 Å². The van der Waals surface area contributed by atoms with Gasteiger partial charge in [0.25, 0.3) is 0 Å². The first kappa shape index (κ1) is 15.7. The molecular weight excluding hydrogens is 220 g/mol. The van der Waals surface area contributed by atoms with Gasteiger partial charge >= 0.3 is 12.0 Å². The van der Waals surface area contributed by atoms with E-state index in [1.54, 1.807) is 7.05 Å². The largest absolute Gasteiger partial charge is 0.480 e. The Balaban J connectivity index is 4.69. The summed E-state index contributed by atoms with van der Waals surface area (Å²) < 4.78 is 0. The highest BCUT2D eigenvalue weighted by molar-refractivity contribution is 5.85. The van der Waals surface area contributed by atoms with Crippen LogP contribution in [0.1, 0.15) is 41.5 Å². The van der Waals surface area contributed by atoms with E-state index < -0.39 is 11.5 Å². The van der Waals surface area contributed by atoms with Crippen molar-refractivity contribution in [2.45, 2.75) is 53.1 Å². The number of carbonyl (C=O) groups excluding carboxylic acids is 1. The van der Waals surface area contributed by atoms with Gasteiger partial charge in [0, 0.05) is 13.1 Å². The molecule has 0 aliphatic rings. The predicted octanol–water partition coefficient (Wildman–Crippen LogP) is 1.93. The van der Waals surface area contributed by atoms with E-state index in [1.807, 2.05) is 27.7 Å². The summed E-state index contributed by atoms with van der Waals surface area (Å²) in [5, 5.41) is 11.4. The first-order valence-corrected chi connectivity index (χ1v) is 5.68.